The van der Waals surface area contributed by atoms with E-state index in [0.717, 1.165) is 5.41 Å². The molecule has 1 heteroatoms. The van der Waals surface area contributed by atoms with Gasteiger partial charge in [-0.05, 0) is 44.2 Å². The summed E-state index contributed by atoms with van der Waals surface area (Å²) in [7, 11) is 0. The summed E-state index contributed by atoms with van der Waals surface area (Å²) < 4.78 is 0. The molecule has 2 rings (SSSR count). The van der Waals surface area contributed by atoms with Gasteiger partial charge in [-0.1, -0.05) is 20.3 Å². The Labute approximate surface area is 70.6 Å². The van der Waals surface area contributed by atoms with Crippen molar-refractivity contribution >= 4 is 0 Å². The lowest BCUT2D eigenvalue weighted by atomic mass is 9.78. The minimum absolute atomic E-state index is 0. The Bertz CT molecular complexity index is 106. The van der Waals surface area contributed by atoms with Crippen LogP contribution in [-0.2, 0) is 0 Å². The van der Waals surface area contributed by atoms with Crippen LogP contribution in [0.5, 0.6) is 0 Å². The van der Waals surface area contributed by atoms with E-state index >= 15 is 0 Å². The van der Waals surface area contributed by atoms with Gasteiger partial charge in [0.15, 0.2) is 0 Å². The van der Waals surface area contributed by atoms with Gasteiger partial charge < -0.3 is 5.32 Å². The highest BCUT2D eigenvalue weighted by Crippen LogP contribution is 2.44. The van der Waals surface area contributed by atoms with Gasteiger partial charge in [-0.2, -0.15) is 0 Å². The maximum Gasteiger partial charge on any atom is -0.00436 e. The van der Waals surface area contributed by atoms with Gasteiger partial charge in [-0.25, -0.2) is 0 Å². The number of hydrogen-bond acceptors (Lipinski definition) is 1. The first-order chi connectivity index (χ1) is 4.91. The van der Waals surface area contributed by atoms with Crippen molar-refractivity contribution in [1.82, 2.24) is 5.32 Å². The van der Waals surface area contributed by atoms with Gasteiger partial charge in [0.05, 0.1) is 0 Å². The zero-order chi connectivity index (χ0) is 6.86. The van der Waals surface area contributed by atoms with Crippen LogP contribution in [0.1, 0.15) is 46.0 Å². The van der Waals surface area contributed by atoms with Crippen molar-refractivity contribution in [3.63, 3.8) is 0 Å². The summed E-state index contributed by atoms with van der Waals surface area (Å²) in [5.74, 6) is 0. The molecule has 1 nitrogen and oxygen atoms in total. The van der Waals surface area contributed by atoms with Crippen LogP contribution in [0, 0.1) is 5.41 Å². The molecule has 0 amide bonds. The van der Waals surface area contributed by atoms with E-state index in [1.165, 1.54) is 51.6 Å². The van der Waals surface area contributed by atoms with Crippen molar-refractivity contribution in [2.45, 2.75) is 46.0 Å². The maximum absolute atomic E-state index is 3.44. The summed E-state index contributed by atoms with van der Waals surface area (Å²) >= 11 is 0. The van der Waals surface area contributed by atoms with E-state index in [9.17, 15) is 0 Å². The molecule has 11 heavy (non-hydrogen) atoms. The number of nitrogens with one attached hydrogen (secondary N) is 1. The summed E-state index contributed by atoms with van der Waals surface area (Å²) in [5, 5.41) is 3.44. The van der Waals surface area contributed by atoms with Crippen molar-refractivity contribution in [1.29, 1.82) is 0 Å². The van der Waals surface area contributed by atoms with Crippen LogP contribution in [0.25, 0.3) is 0 Å². The fraction of sp³-hybridized carbons (Fsp3) is 1.00. The van der Waals surface area contributed by atoms with Crippen LogP contribution in [0.2, 0.25) is 0 Å². The lowest BCUT2D eigenvalue weighted by Crippen LogP contribution is -2.34. The average molecular weight is 155 g/mol. The van der Waals surface area contributed by atoms with Crippen molar-refractivity contribution in [3.05, 3.63) is 0 Å². The van der Waals surface area contributed by atoms with Gasteiger partial charge >= 0.3 is 0 Å². The molecule has 0 atom stereocenters. The van der Waals surface area contributed by atoms with Gasteiger partial charge in [0.25, 0.3) is 0 Å². The van der Waals surface area contributed by atoms with Gasteiger partial charge in [-0.15, -0.1) is 0 Å². The second kappa shape index (κ2) is 3.57. The zero-order valence-electron chi connectivity index (χ0n) is 6.66. The molecule has 1 saturated heterocycles. The summed E-state index contributed by atoms with van der Waals surface area (Å²) in [6, 6.07) is 0. The van der Waals surface area contributed by atoms with Crippen molar-refractivity contribution in [2.75, 3.05) is 13.1 Å². The molecule has 1 aliphatic heterocycles. The highest BCUT2D eigenvalue weighted by atomic mass is 14.9. The molecule has 0 unspecified atom stereocenters. The Kier molecular flexibility index (Phi) is 2.94. The largest absolute Gasteiger partial charge is 0.317 e. The van der Waals surface area contributed by atoms with E-state index in [2.05, 4.69) is 5.32 Å². The fourth-order valence-corrected chi connectivity index (χ4v) is 2.58. The minimum atomic E-state index is 0. The Morgan fingerprint density at radius 2 is 1.36 bits per heavy atom. The van der Waals surface area contributed by atoms with Crippen LogP contribution in [-0.4, -0.2) is 13.1 Å². The molecule has 1 spiro atoms. The van der Waals surface area contributed by atoms with Crippen LogP contribution in [0.15, 0.2) is 0 Å². The smallest absolute Gasteiger partial charge is 0.00436 e. The molecule has 66 valence electrons. The van der Waals surface area contributed by atoms with E-state index in [4.69, 9.17) is 0 Å². The van der Waals surface area contributed by atoms with E-state index < -0.39 is 0 Å². The molecule has 0 radical (unpaired) electrons. The predicted octanol–water partition coefficient (Wildman–Crippen LogP) is 2.57. The standard InChI is InChI=1S/C9H17N.CH4/c1-2-4-9(3-1)5-7-10-8-6-9;/h10H,1-8H2;1H4. The molecule has 1 heterocycles. The number of hydrogen-bond donors (Lipinski definition) is 1. The molecule has 0 aromatic heterocycles. The molecular formula is C10H21N. The first-order valence-electron chi connectivity index (χ1n) is 4.62. The van der Waals surface area contributed by atoms with E-state index in [1.54, 1.807) is 0 Å². The first kappa shape index (κ1) is 9.05. The summed E-state index contributed by atoms with van der Waals surface area (Å²) in [5.41, 5.74) is 0.811. The van der Waals surface area contributed by atoms with E-state index in [0.29, 0.717) is 0 Å². The average Bonchev–Trinajstić information content (AvgIpc) is 2.39. The molecule has 2 aliphatic rings. The molecule has 2 fully saturated rings. The lowest BCUT2D eigenvalue weighted by molar-refractivity contribution is 0.210. The van der Waals surface area contributed by atoms with E-state index in [-0.39, 0.29) is 7.43 Å². The van der Waals surface area contributed by atoms with Crippen molar-refractivity contribution in [3.8, 4) is 0 Å². The van der Waals surface area contributed by atoms with Crippen molar-refractivity contribution < 1.29 is 0 Å². The SMILES string of the molecule is C.C1CCC2(C1)CCNCC2. The third-order valence-corrected chi connectivity index (χ3v) is 3.33. The fourth-order valence-electron chi connectivity index (χ4n) is 2.58. The summed E-state index contributed by atoms with van der Waals surface area (Å²) in [6.45, 7) is 2.56. The third-order valence-electron chi connectivity index (χ3n) is 3.33. The van der Waals surface area contributed by atoms with Crippen LogP contribution < -0.4 is 5.32 Å². The van der Waals surface area contributed by atoms with Gasteiger partial charge in [0.2, 0.25) is 0 Å². The molecule has 1 aliphatic carbocycles. The number of piperidine rings is 1. The van der Waals surface area contributed by atoms with Gasteiger partial charge in [0, 0.05) is 0 Å². The quantitative estimate of drug-likeness (QED) is 0.567. The summed E-state index contributed by atoms with van der Waals surface area (Å²) in [4.78, 5) is 0. The second-order valence-electron chi connectivity index (χ2n) is 3.96. The topological polar surface area (TPSA) is 12.0 Å². The normalized spacial score (nSPS) is 28.4. The molecular weight excluding hydrogens is 134 g/mol. The van der Waals surface area contributed by atoms with Gasteiger partial charge in [0.1, 0.15) is 0 Å². The van der Waals surface area contributed by atoms with Crippen LogP contribution in [0.3, 0.4) is 0 Å². The monoisotopic (exact) mass is 155 g/mol. The molecule has 1 N–H and O–H groups in total. The Morgan fingerprint density at radius 1 is 0.818 bits per heavy atom. The van der Waals surface area contributed by atoms with Gasteiger partial charge in [-0.3, -0.25) is 0 Å². The number of rotatable bonds is 0. The highest BCUT2D eigenvalue weighted by Gasteiger charge is 2.34. The third kappa shape index (κ3) is 1.76. The van der Waals surface area contributed by atoms with Crippen molar-refractivity contribution in [2.24, 2.45) is 5.41 Å². The Morgan fingerprint density at radius 3 is 1.91 bits per heavy atom. The maximum atomic E-state index is 3.44. The first-order valence-corrected chi connectivity index (χ1v) is 4.62. The predicted molar refractivity (Wildman–Crippen MR) is 49.7 cm³/mol. The zero-order valence-corrected chi connectivity index (χ0v) is 6.66. The van der Waals surface area contributed by atoms with Crippen LogP contribution in [0.4, 0.5) is 0 Å². The second-order valence-corrected chi connectivity index (χ2v) is 3.96. The Balaban J connectivity index is 0.000000605. The van der Waals surface area contributed by atoms with Crippen LogP contribution >= 0.6 is 0 Å². The molecule has 0 aromatic carbocycles. The molecule has 1 saturated carbocycles. The molecule has 0 aromatic rings. The minimum Gasteiger partial charge on any atom is -0.317 e. The highest BCUT2D eigenvalue weighted by molar-refractivity contribution is 4.88. The summed E-state index contributed by atoms with van der Waals surface area (Å²) in [6.07, 6.45) is 8.95. The van der Waals surface area contributed by atoms with E-state index in [1.807, 2.05) is 0 Å². The Hall–Kier alpha value is -0.0400. The molecule has 0 bridgehead atoms. The lowest BCUT2D eigenvalue weighted by Gasteiger charge is -2.33.